The van der Waals surface area contributed by atoms with Gasteiger partial charge in [0.1, 0.15) is 6.61 Å². The molecule has 2 amide bonds. The Morgan fingerprint density at radius 3 is 2.35 bits per heavy atom. The average Bonchev–Trinajstić information content (AvgIpc) is 3.42. The minimum absolute atomic E-state index is 0.0555. The summed E-state index contributed by atoms with van der Waals surface area (Å²) in [6.07, 6.45) is -1.89. The van der Waals surface area contributed by atoms with E-state index in [9.17, 15) is 14.4 Å². The van der Waals surface area contributed by atoms with Gasteiger partial charge in [-0.1, -0.05) is 48.5 Å². The Morgan fingerprint density at radius 1 is 1.09 bits per heavy atom. The number of hydrogen-bond donors (Lipinski definition) is 3. The lowest BCUT2D eigenvalue weighted by molar-refractivity contribution is -0.149. The highest BCUT2D eigenvalue weighted by Crippen LogP contribution is 2.44. The zero-order chi connectivity index (χ0) is 24.1. The minimum atomic E-state index is -1.09. The van der Waals surface area contributed by atoms with Crippen molar-refractivity contribution >= 4 is 18.0 Å². The molecule has 3 N–H and O–H groups in total. The fourth-order valence-electron chi connectivity index (χ4n) is 4.56. The maximum absolute atomic E-state index is 12.6. The molecule has 0 spiro atoms. The number of benzene rings is 2. The molecule has 2 aromatic rings. The number of carbonyl (C=O) groups excluding carboxylic acids is 2. The second-order valence-electron chi connectivity index (χ2n) is 8.30. The summed E-state index contributed by atoms with van der Waals surface area (Å²) in [4.78, 5) is 36.1. The van der Waals surface area contributed by atoms with Crippen molar-refractivity contribution < 1.29 is 33.7 Å². The molecule has 9 heteroatoms. The zero-order valence-electron chi connectivity index (χ0n) is 18.9. The molecular formula is C25H28N2O7. The van der Waals surface area contributed by atoms with Crippen molar-refractivity contribution in [2.24, 2.45) is 0 Å². The summed E-state index contributed by atoms with van der Waals surface area (Å²) in [5.41, 5.74) is 4.53. The van der Waals surface area contributed by atoms with E-state index in [-0.39, 0.29) is 25.5 Å². The van der Waals surface area contributed by atoms with Gasteiger partial charge in [0, 0.05) is 32.6 Å². The van der Waals surface area contributed by atoms with Crippen LogP contribution in [0.4, 0.5) is 4.79 Å². The molecule has 2 aromatic carbocycles. The second-order valence-corrected chi connectivity index (χ2v) is 8.30. The molecule has 9 nitrogen and oxygen atoms in total. The van der Waals surface area contributed by atoms with Gasteiger partial charge in [0.05, 0.1) is 6.04 Å². The molecule has 0 bridgehead atoms. The monoisotopic (exact) mass is 468 g/mol. The number of aliphatic carboxylic acids is 1. The number of amides is 2. The highest BCUT2D eigenvalue weighted by molar-refractivity contribution is 5.83. The van der Waals surface area contributed by atoms with Crippen molar-refractivity contribution in [2.45, 2.75) is 37.0 Å². The molecule has 1 heterocycles. The third kappa shape index (κ3) is 5.05. The summed E-state index contributed by atoms with van der Waals surface area (Å²) in [6.45, 7) is 0.612. The number of hydrogen-bond acceptors (Lipinski definition) is 6. The fourth-order valence-corrected chi connectivity index (χ4v) is 4.56. The number of fused-ring (bicyclic) bond motifs is 3. The topological polar surface area (TPSA) is 123 Å². The van der Waals surface area contributed by atoms with Crippen LogP contribution in [-0.4, -0.2) is 68.2 Å². The van der Waals surface area contributed by atoms with Crippen LogP contribution in [0.2, 0.25) is 0 Å². The number of alkyl carbamates (subject to hydrolysis) is 1. The number of nitrogens with one attached hydrogen (secondary N) is 2. The maximum atomic E-state index is 12.6. The number of rotatable bonds is 9. The van der Waals surface area contributed by atoms with Crippen molar-refractivity contribution in [1.29, 1.82) is 0 Å². The largest absolute Gasteiger partial charge is 0.479 e. The zero-order valence-corrected chi connectivity index (χ0v) is 18.9. The van der Waals surface area contributed by atoms with E-state index in [4.69, 9.17) is 19.3 Å². The Hall–Kier alpha value is -3.43. The van der Waals surface area contributed by atoms with E-state index in [2.05, 4.69) is 22.8 Å². The normalized spacial score (nSPS) is 19.7. The second kappa shape index (κ2) is 10.7. The van der Waals surface area contributed by atoms with Gasteiger partial charge in [-0.05, 0) is 28.7 Å². The molecule has 0 radical (unpaired) electrons. The Kier molecular flexibility index (Phi) is 7.44. The quantitative estimate of drug-likeness (QED) is 0.516. The number of carboxylic acid groups (broad SMARTS) is 1. The molecule has 180 valence electrons. The third-order valence-electron chi connectivity index (χ3n) is 6.26. The first kappa shape index (κ1) is 23.7. The smallest absolute Gasteiger partial charge is 0.407 e. The molecule has 2 aliphatic rings. The first-order chi connectivity index (χ1) is 16.5. The fraction of sp³-hybridized carbons (Fsp3) is 0.400. The Bertz CT molecular complexity index is 1010. The van der Waals surface area contributed by atoms with Gasteiger partial charge < -0.3 is 30.0 Å². The van der Waals surface area contributed by atoms with Crippen molar-refractivity contribution in [3.63, 3.8) is 0 Å². The lowest BCUT2D eigenvalue weighted by Gasteiger charge is -2.20. The van der Waals surface area contributed by atoms with E-state index in [0.29, 0.717) is 13.0 Å². The molecule has 34 heavy (non-hydrogen) atoms. The molecule has 3 atom stereocenters. The Labute approximate surface area is 197 Å². The SMILES string of the molecule is COC(CCNC(=O)[C@@H]1OCC[C@@H]1NC(=O)OCC1c2ccccc2-c2ccccc21)C(=O)O. The van der Waals surface area contributed by atoms with Crippen LogP contribution in [0.15, 0.2) is 48.5 Å². The molecule has 4 rings (SSSR count). The number of methoxy groups -OCH3 is 1. The molecular weight excluding hydrogens is 440 g/mol. The summed E-state index contributed by atoms with van der Waals surface area (Å²) >= 11 is 0. The van der Waals surface area contributed by atoms with Crippen LogP contribution in [0.25, 0.3) is 11.1 Å². The van der Waals surface area contributed by atoms with Gasteiger partial charge in [-0.2, -0.15) is 0 Å². The van der Waals surface area contributed by atoms with Crippen molar-refractivity contribution in [3.8, 4) is 11.1 Å². The van der Waals surface area contributed by atoms with Crippen LogP contribution in [0.1, 0.15) is 29.9 Å². The number of ether oxygens (including phenoxy) is 3. The summed E-state index contributed by atoms with van der Waals surface area (Å²) in [7, 11) is 1.30. The molecule has 1 aliphatic heterocycles. The summed E-state index contributed by atoms with van der Waals surface area (Å²) < 4.78 is 15.9. The minimum Gasteiger partial charge on any atom is -0.479 e. The summed E-state index contributed by atoms with van der Waals surface area (Å²) in [5, 5.41) is 14.4. The predicted molar refractivity (Wildman–Crippen MR) is 122 cm³/mol. The number of carbonyl (C=O) groups is 3. The van der Waals surface area contributed by atoms with E-state index in [1.54, 1.807) is 0 Å². The lowest BCUT2D eigenvalue weighted by atomic mass is 9.98. The van der Waals surface area contributed by atoms with Crippen molar-refractivity contribution in [3.05, 3.63) is 59.7 Å². The maximum Gasteiger partial charge on any atom is 0.407 e. The Morgan fingerprint density at radius 2 is 1.74 bits per heavy atom. The van der Waals surface area contributed by atoms with Crippen LogP contribution in [-0.2, 0) is 23.8 Å². The van der Waals surface area contributed by atoms with Crippen LogP contribution < -0.4 is 10.6 Å². The Balaban J connectivity index is 1.30. The molecule has 1 fully saturated rings. The molecule has 1 saturated heterocycles. The van der Waals surface area contributed by atoms with Gasteiger partial charge in [-0.25, -0.2) is 9.59 Å². The van der Waals surface area contributed by atoms with Crippen molar-refractivity contribution in [2.75, 3.05) is 26.9 Å². The van der Waals surface area contributed by atoms with Crippen LogP contribution in [0.3, 0.4) is 0 Å². The van der Waals surface area contributed by atoms with Gasteiger partial charge in [-0.15, -0.1) is 0 Å². The van der Waals surface area contributed by atoms with Gasteiger partial charge in [0.2, 0.25) is 0 Å². The average molecular weight is 469 g/mol. The van der Waals surface area contributed by atoms with Crippen molar-refractivity contribution in [1.82, 2.24) is 10.6 Å². The van der Waals surface area contributed by atoms with E-state index in [0.717, 1.165) is 22.3 Å². The van der Waals surface area contributed by atoms with Gasteiger partial charge >= 0.3 is 12.1 Å². The highest BCUT2D eigenvalue weighted by atomic mass is 16.6. The third-order valence-corrected chi connectivity index (χ3v) is 6.26. The first-order valence-corrected chi connectivity index (χ1v) is 11.3. The van der Waals surface area contributed by atoms with Crippen LogP contribution >= 0.6 is 0 Å². The van der Waals surface area contributed by atoms with Crippen LogP contribution in [0.5, 0.6) is 0 Å². The van der Waals surface area contributed by atoms with E-state index >= 15 is 0 Å². The van der Waals surface area contributed by atoms with Gasteiger partial charge in [-0.3, -0.25) is 4.79 Å². The van der Waals surface area contributed by atoms with E-state index in [1.165, 1.54) is 7.11 Å². The van der Waals surface area contributed by atoms with Gasteiger partial charge in [0.25, 0.3) is 5.91 Å². The van der Waals surface area contributed by atoms with Crippen LogP contribution in [0, 0.1) is 0 Å². The predicted octanol–water partition coefficient (Wildman–Crippen LogP) is 2.29. The summed E-state index contributed by atoms with van der Waals surface area (Å²) in [6, 6.07) is 15.6. The lowest BCUT2D eigenvalue weighted by Crippen LogP contribution is -2.49. The number of carboxylic acids is 1. The molecule has 0 saturated carbocycles. The highest BCUT2D eigenvalue weighted by Gasteiger charge is 2.36. The molecule has 1 aliphatic carbocycles. The van der Waals surface area contributed by atoms with E-state index in [1.807, 2.05) is 36.4 Å². The first-order valence-electron chi connectivity index (χ1n) is 11.3. The van der Waals surface area contributed by atoms with Gasteiger partial charge in [0.15, 0.2) is 12.2 Å². The molecule has 0 aromatic heterocycles. The van der Waals surface area contributed by atoms with E-state index < -0.39 is 36.2 Å². The molecule has 1 unspecified atom stereocenters. The summed E-state index contributed by atoms with van der Waals surface area (Å²) in [5.74, 6) is -1.56. The standard InChI is InChI=1S/C25H28N2O7/c1-32-21(24(29)30)10-12-26-23(28)22-20(11-13-33-22)27-25(31)34-14-19-17-8-4-2-6-15(17)16-7-3-5-9-18(16)19/h2-9,19-22H,10-14H2,1H3,(H,26,28)(H,27,31)(H,29,30)/t20-,21?,22+/m0/s1.